The fourth-order valence-corrected chi connectivity index (χ4v) is 3.73. The Morgan fingerprint density at radius 3 is 2.76 bits per heavy atom. The van der Waals surface area contributed by atoms with Gasteiger partial charge in [0.15, 0.2) is 5.96 Å². The number of guanidine groups is 1. The minimum Gasteiger partial charge on any atom is -0.354 e. The molecule has 1 aliphatic heterocycles. The predicted molar refractivity (Wildman–Crippen MR) is 90.6 cm³/mol. The van der Waals surface area contributed by atoms with Crippen molar-refractivity contribution in [3.8, 4) is 0 Å². The first-order chi connectivity index (χ1) is 10.1. The molecule has 1 saturated heterocycles. The number of nitrogens with one attached hydrogen (secondary N) is 2. The van der Waals surface area contributed by atoms with Crippen LogP contribution in [0.25, 0.3) is 0 Å². The maximum atomic E-state index is 11.3. The number of halogens is 1. The molecule has 0 bridgehead atoms. The molecule has 7 heteroatoms. The third kappa shape index (κ3) is 5.00. The highest BCUT2D eigenvalue weighted by Gasteiger charge is 2.21. The van der Waals surface area contributed by atoms with Crippen molar-refractivity contribution in [1.82, 2.24) is 15.5 Å². The average Bonchev–Trinajstić information content (AvgIpc) is 2.89. The van der Waals surface area contributed by atoms with Gasteiger partial charge >= 0.3 is 0 Å². The molecule has 1 aliphatic rings. The molecule has 2 rings (SSSR count). The van der Waals surface area contributed by atoms with E-state index in [-0.39, 0.29) is 5.91 Å². The Bertz CT molecular complexity index is 509. The van der Waals surface area contributed by atoms with Crippen molar-refractivity contribution in [2.24, 2.45) is 4.99 Å². The van der Waals surface area contributed by atoms with Gasteiger partial charge in [0.25, 0.3) is 0 Å². The van der Waals surface area contributed by atoms with E-state index in [0.717, 1.165) is 42.9 Å². The maximum absolute atomic E-state index is 11.3. The topological polar surface area (TPSA) is 56.7 Å². The van der Waals surface area contributed by atoms with Crippen molar-refractivity contribution in [1.29, 1.82) is 0 Å². The number of likely N-dealkylation sites (tertiary alicyclic amines) is 1. The second-order valence-electron chi connectivity index (χ2n) is 5.08. The predicted octanol–water partition coefficient (Wildman–Crippen LogP) is 2.19. The van der Waals surface area contributed by atoms with Gasteiger partial charge in [-0.25, -0.2) is 0 Å². The monoisotopic (exact) mass is 372 g/mol. The van der Waals surface area contributed by atoms with Crippen LogP contribution in [0, 0.1) is 0 Å². The Hall–Kier alpha value is -1.08. The molecule has 2 N–H and O–H groups in total. The Labute approximate surface area is 137 Å². The van der Waals surface area contributed by atoms with Gasteiger partial charge in [0.2, 0.25) is 5.91 Å². The van der Waals surface area contributed by atoms with Crippen molar-refractivity contribution in [3.63, 3.8) is 0 Å². The summed E-state index contributed by atoms with van der Waals surface area (Å²) in [5.74, 6) is 0.986. The molecule has 116 valence electrons. The number of rotatable bonds is 3. The van der Waals surface area contributed by atoms with Crippen molar-refractivity contribution in [2.75, 3.05) is 20.1 Å². The van der Waals surface area contributed by atoms with E-state index in [1.54, 1.807) is 25.3 Å². The molecule has 1 aromatic heterocycles. The number of carbonyl (C=O) groups excluding carboxylic acids is 1. The molecule has 0 aliphatic carbocycles. The highest BCUT2D eigenvalue weighted by molar-refractivity contribution is 9.10. The normalized spacial score (nSPS) is 16.9. The molecule has 5 nitrogen and oxygen atoms in total. The van der Waals surface area contributed by atoms with Crippen molar-refractivity contribution < 1.29 is 4.79 Å². The van der Waals surface area contributed by atoms with Crippen LogP contribution >= 0.6 is 27.3 Å². The molecule has 21 heavy (non-hydrogen) atoms. The van der Waals surface area contributed by atoms with E-state index >= 15 is 0 Å². The van der Waals surface area contributed by atoms with Gasteiger partial charge in [-0.1, -0.05) is 0 Å². The first-order valence-electron chi connectivity index (χ1n) is 7.04. The second kappa shape index (κ2) is 7.79. The molecule has 1 aromatic rings. The molecular formula is C14H21BrN4OS. The molecule has 1 amide bonds. The molecule has 1 fully saturated rings. The zero-order valence-electron chi connectivity index (χ0n) is 12.4. The zero-order valence-corrected chi connectivity index (χ0v) is 14.8. The van der Waals surface area contributed by atoms with Crippen LogP contribution in [-0.4, -0.2) is 42.9 Å². The van der Waals surface area contributed by atoms with E-state index in [1.165, 1.54) is 4.88 Å². The first-order valence-corrected chi connectivity index (χ1v) is 8.71. The number of hydrogen-bond donors (Lipinski definition) is 2. The summed E-state index contributed by atoms with van der Waals surface area (Å²) < 4.78 is 1.11. The van der Waals surface area contributed by atoms with Gasteiger partial charge in [0, 0.05) is 47.8 Å². The van der Waals surface area contributed by atoms with Crippen LogP contribution in [-0.2, 0) is 11.3 Å². The minimum atomic E-state index is 0.166. The van der Waals surface area contributed by atoms with E-state index in [0.29, 0.717) is 6.04 Å². The van der Waals surface area contributed by atoms with Gasteiger partial charge < -0.3 is 15.5 Å². The van der Waals surface area contributed by atoms with Crippen LogP contribution in [0.2, 0.25) is 0 Å². The fourth-order valence-electron chi connectivity index (χ4n) is 2.34. The molecule has 2 heterocycles. The summed E-state index contributed by atoms with van der Waals surface area (Å²) in [6.45, 7) is 4.04. The van der Waals surface area contributed by atoms with Crippen LogP contribution in [0.3, 0.4) is 0 Å². The smallest absolute Gasteiger partial charge is 0.219 e. The van der Waals surface area contributed by atoms with Crippen molar-refractivity contribution >= 4 is 39.1 Å². The molecule has 0 aromatic carbocycles. The van der Waals surface area contributed by atoms with Gasteiger partial charge in [-0.15, -0.1) is 11.3 Å². The number of nitrogens with zero attached hydrogens (tertiary/aromatic N) is 2. The standard InChI is InChI=1S/C14H21BrN4OS/c1-10(20)19-5-3-12(4-6-19)18-14(16-2)17-8-13-7-11(15)9-21-13/h7,9,12H,3-6,8H2,1-2H3,(H2,16,17,18). The number of aliphatic imine (C=N–C) groups is 1. The summed E-state index contributed by atoms with van der Waals surface area (Å²) in [5, 5.41) is 8.84. The Kier molecular flexibility index (Phi) is 6.05. The summed E-state index contributed by atoms with van der Waals surface area (Å²) in [7, 11) is 1.78. The van der Waals surface area contributed by atoms with Crippen LogP contribution in [0.5, 0.6) is 0 Å². The third-order valence-electron chi connectivity index (χ3n) is 3.56. The van der Waals surface area contributed by atoms with E-state index in [9.17, 15) is 4.79 Å². The zero-order chi connectivity index (χ0) is 15.2. The van der Waals surface area contributed by atoms with Gasteiger partial charge in [0.05, 0.1) is 6.54 Å². The van der Waals surface area contributed by atoms with Gasteiger partial charge in [0.1, 0.15) is 0 Å². The lowest BCUT2D eigenvalue weighted by atomic mass is 10.1. The summed E-state index contributed by atoms with van der Waals surface area (Å²) in [6.07, 6.45) is 1.93. The van der Waals surface area contributed by atoms with Crippen LogP contribution < -0.4 is 10.6 Å². The second-order valence-corrected chi connectivity index (χ2v) is 6.99. The highest BCUT2D eigenvalue weighted by atomic mass is 79.9. The van der Waals surface area contributed by atoms with Crippen LogP contribution in [0.1, 0.15) is 24.6 Å². The lowest BCUT2D eigenvalue weighted by Gasteiger charge is -2.32. The van der Waals surface area contributed by atoms with Gasteiger partial charge in [-0.3, -0.25) is 9.79 Å². The Morgan fingerprint density at radius 2 is 2.24 bits per heavy atom. The number of carbonyl (C=O) groups is 1. The molecule has 0 saturated carbocycles. The molecular weight excluding hydrogens is 352 g/mol. The SMILES string of the molecule is CN=C(NCc1cc(Br)cs1)NC1CCN(C(C)=O)CC1. The van der Waals surface area contributed by atoms with E-state index < -0.39 is 0 Å². The molecule has 0 atom stereocenters. The summed E-state index contributed by atoms with van der Waals surface area (Å²) in [5.41, 5.74) is 0. The molecule has 0 spiro atoms. The number of piperidine rings is 1. The fraction of sp³-hybridized carbons (Fsp3) is 0.571. The Balaban J connectivity index is 1.77. The van der Waals surface area contributed by atoms with E-state index in [1.807, 2.05) is 4.90 Å². The quantitative estimate of drug-likeness (QED) is 0.631. The summed E-state index contributed by atoms with van der Waals surface area (Å²) in [4.78, 5) is 18.7. The van der Waals surface area contributed by atoms with Crippen molar-refractivity contribution in [3.05, 3.63) is 20.8 Å². The van der Waals surface area contributed by atoms with Crippen molar-refractivity contribution in [2.45, 2.75) is 32.4 Å². The number of hydrogen-bond acceptors (Lipinski definition) is 3. The van der Waals surface area contributed by atoms with Crippen LogP contribution in [0.15, 0.2) is 20.9 Å². The first kappa shape index (κ1) is 16.3. The average molecular weight is 373 g/mol. The molecule has 0 unspecified atom stereocenters. The summed E-state index contributed by atoms with van der Waals surface area (Å²) in [6, 6.07) is 2.48. The van der Waals surface area contributed by atoms with E-state index in [2.05, 4.69) is 43.0 Å². The highest BCUT2D eigenvalue weighted by Crippen LogP contribution is 2.19. The van der Waals surface area contributed by atoms with Crippen LogP contribution in [0.4, 0.5) is 0 Å². The third-order valence-corrected chi connectivity index (χ3v) is 5.25. The number of thiophene rings is 1. The lowest BCUT2D eigenvalue weighted by Crippen LogP contribution is -2.49. The Morgan fingerprint density at radius 1 is 1.52 bits per heavy atom. The number of amides is 1. The largest absolute Gasteiger partial charge is 0.354 e. The molecule has 0 radical (unpaired) electrons. The lowest BCUT2D eigenvalue weighted by molar-refractivity contribution is -0.129. The van der Waals surface area contributed by atoms with E-state index in [4.69, 9.17) is 0 Å². The maximum Gasteiger partial charge on any atom is 0.219 e. The van der Waals surface area contributed by atoms with Gasteiger partial charge in [-0.2, -0.15) is 0 Å². The summed E-state index contributed by atoms with van der Waals surface area (Å²) >= 11 is 5.17. The minimum absolute atomic E-state index is 0.166. The van der Waals surface area contributed by atoms with Gasteiger partial charge in [-0.05, 0) is 34.8 Å².